The number of nitrogens with zero attached hydrogens (tertiary/aromatic N) is 1. The van der Waals surface area contributed by atoms with E-state index in [9.17, 15) is 14.9 Å². The minimum Gasteiger partial charge on any atom is -0.495 e. The molecule has 1 heterocycles. The van der Waals surface area contributed by atoms with Gasteiger partial charge in [0.25, 0.3) is 11.6 Å². The number of carbonyl (C=O) groups excluding carboxylic acids is 1. The topological polar surface area (TPSA) is 94.6 Å². The van der Waals surface area contributed by atoms with Crippen molar-refractivity contribution in [2.75, 3.05) is 12.4 Å². The molecule has 1 amide bonds. The predicted molar refractivity (Wildman–Crippen MR) is 66.3 cm³/mol. The van der Waals surface area contributed by atoms with Crippen molar-refractivity contribution in [3.8, 4) is 5.75 Å². The van der Waals surface area contributed by atoms with Crippen LogP contribution in [0, 0.1) is 10.1 Å². The van der Waals surface area contributed by atoms with E-state index in [2.05, 4.69) is 5.32 Å². The number of furan rings is 1. The summed E-state index contributed by atoms with van der Waals surface area (Å²) in [6, 6.07) is 5.44. The van der Waals surface area contributed by atoms with Crippen LogP contribution in [0.5, 0.6) is 5.75 Å². The van der Waals surface area contributed by atoms with Gasteiger partial charge in [-0.1, -0.05) is 0 Å². The van der Waals surface area contributed by atoms with Crippen LogP contribution in [0.1, 0.15) is 10.4 Å². The Balaban J connectivity index is 2.30. The quantitative estimate of drug-likeness (QED) is 0.674. The lowest BCUT2D eigenvalue weighted by atomic mass is 10.2. The molecule has 0 spiro atoms. The number of amides is 1. The lowest BCUT2D eigenvalue weighted by Crippen LogP contribution is -2.11. The van der Waals surface area contributed by atoms with Gasteiger partial charge in [-0.25, -0.2) is 0 Å². The van der Waals surface area contributed by atoms with E-state index in [-0.39, 0.29) is 11.4 Å². The maximum absolute atomic E-state index is 11.8. The van der Waals surface area contributed by atoms with Gasteiger partial charge in [0.05, 0.1) is 29.5 Å². The second kappa shape index (κ2) is 5.21. The summed E-state index contributed by atoms with van der Waals surface area (Å²) < 4.78 is 9.83. The summed E-state index contributed by atoms with van der Waals surface area (Å²) in [7, 11) is 1.41. The third-order valence-corrected chi connectivity index (χ3v) is 2.43. The Morgan fingerprint density at radius 3 is 2.79 bits per heavy atom. The number of carbonyl (C=O) groups is 1. The summed E-state index contributed by atoms with van der Waals surface area (Å²) >= 11 is 0. The number of ether oxygens (including phenoxy) is 1. The number of anilines is 1. The third-order valence-electron chi connectivity index (χ3n) is 2.43. The Labute approximate surface area is 107 Å². The molecule has 0 radical (unpaired) electrons. The zero-order valence-corrected chi connectivity index (χ0v) is 9.95. The second-order valence-electron chi connectivity index (χ2n) is 3.61. The van der Waals surface area contributed by atoms with Gasteiger partial charge in [0.2, 0.25) is 0 Å². The van der Waals surface area contributed by atoms with Crippen molar-refractivity contribution in [2.24, 2.45) is 0 Å². The summed E-state index contributed by atoms with van der Waals surface area (Å²) in [6.07, 6.45) is 2.64. The van der Waals surface area contributed by atoms with E-state index in [1.54, 1.807) is 0 Å². The van der Waals surface area contributed by atoms with E-state index in [4.69, 9.17) is 9.15 Å². The molecule has 0 fully saturated rings. The molecule has 1 aromatic heterocycles. The molecule has 7 heteroatoms. The van der Waals surface area contributed by atoms with Gasteiger partial charge in [-0.15, -0.1) is 0 Å². The van der Waals surface area contributed by atoms with Crippen LogP contribution in [0.25, 0.3) is 0 Å². The Bertz CT molecular complexity index is 607. The largest absolute Gasteiger partial charge is 0.495 e. The smallest absolute Gasteiger partial charge is 0.271 e. The molecule has 0 aliphatic rings. The summed E-state index contributed by atoms with van der Waals surface area (Å²) in [5, 5.41) is 13.2. The molecular weight excluding hydrogens is 252 g/mol. The highest BCUT2D eigenvalue weighted by Gasteiger charge is 2.15. The number of nitrogens with one attached hydrogen (secondary N) is 1. The van der Waals surface area contributed by atoms with Crippen molar-refractivity contribution >= 4 is 17.3 Å². The molecule has 0 aliphatic heterocycles. The molecule has 0 atom stereocenters. The highest BCUT2D eigenvalue weighted by molar-refractivity contribution is 6.04. The average molecular weight is 262 g/mol. The molecule has 0 saturated heterocycles. The van der Waals surface area contributed by atoms with Gasteiger partial charge in [0.1, 0.15) is 12.0 Å². The molecule has 1 aromatic carbocycles. The Kier molecular flexibility index (Phi) is 3.46. The SMILES string of the molecule is COc1ccc([N+](=O)[O-])cc1NC(=O)c1ccoc1. The zero-order valence-electron chi connectivity index (χ0n) is 9.95. The molecule has 1 N–H and O–H groups in total. The van der Waals surface area contributed by atoms with Crippen LogP contribution in [0.4, 0.5) is 11.4 Å². The average Bonchev–Trinajstić information content (AvgIpc) is 2.92. The third kappa shape index (κ3) is 2.71. The fraction of sp³-hybridized carbons (Fsp3) is 0.0833. The molecule has 2 rings (SSSR count). The number of nitro groups is 1. The predicted octanol–water partition coefficient (Wildman–Crippen LogP) is 2.45. The first kappa shape index (κ1) is 12.6. The summed E-state index contributed by atoms with van der Waals surface area (Å²) in [6.45, 7) is 0. The molecular formula is C12H10N2O5. The van der Waals surface area contributed by atoms with Crippen molar-refractivity contribution < 1.29 is 18.9 Å². The molecule has 0 unspecified atom stereocenters. The first-order chi connectivity index (χ1) is 9.11. The number of nitro benzene ring substituents is 1. The van der Waals surface area contributed by atoms with Crippen molar-refractivity contribution in [3.05, 3.63) is 52.5 Å². The molecule has 98 valence electrons. The first-order valence-electron chi connectivity index (χ1n) is 5.28. The van der Waals surface area contributed by atoms with Gasteiger partial charge in [-0.2, -0.15) is 0 Å². The van der Waals surface area contributed by atoms with Gasteiger partial charge in [0, 0.05) is 12.1 Å². The maximum Gasteiger partial charge on any atom is 0.271 e. The fourth-order valence-corrected chi connectivity index (χ4v) is 1.50. The molecule has 19 heavy (non-hydrogen) atoms. The second-order valence-corrected chi connectivity index (χ2v) is 3.61. The molecule has 7 nitrogen and oxygen atoms in total. The molecule has 0 saturated carbocycles. The standard InChI is InChI=1S/C12H10N2O5/c1-18-11-3-2-9(14(16)17)6-10(11)13-12(15)8-4-5-19-7-8/h2-7H,1H3,(H,13,15). The minimum absolute atomic E-state index is 0.136. The van der Waals surface area contributed by atoms with Crippen LogP contribution < -0.4 is 10.1 Å². The minimum atomic E-state index is -0.549. The molecule has 0 bridgehead atoms. The van der Waals surface area contributed by atoms with E-state index >= 15 is 0 Å². The number of benzene rings is 1. The monoisotopic (exact) mass is 262 g/mol. The van der Waals surface area contributed by atoms with Crippen LogP contribution in [0.2, 0.25) is 0 Å². The number of methoxy groups -OCH3 is 1. The zero-order chi connectivity index (χ0) is 13.8. The van der Waals surface area contributed by atoms with Crippen molar-refractivity contribution in [1.82, 2.24) is 0 Å². The van der Waals surface area contributed by atoms with Crippen molar-refractivity contribution in [1.29, 1.82) is 0 Å². The van der Waals surface area contributed by atoms with Crippen LogP contribution in [-0.2, 0) is 0 Å². The van der Waals surface area contributed by atoms with E-state index in [0.717, 1.165) is 0 Å². The normalized spacial score (nSPS) is 9.95. The lowest BCUT2D eigenvalue weighted by Gasteiger charge is -2.08. The van der Waals surface area contributed by atoms with Crippen LogP contribution in [0.15, 0.2) is 41.2 Å². The van der Waals surface area contributed by atoms with Gasteiger partial charge in [-0.05, 0) is 12.1 Å². The van der Waals surface area contributed by atoms with Gasteiger partial charge in [-0.3, -0.25) is 14.9 Å². The molecule has 0 aliphatic carbocycles. The van der Waals surface area contributed by atoms with E-state index < -0.39 is 10.8 Å². The van der Waals surface area contributed by atoms with E-state index in [1.807, 2.05) is 0 Å². The number of non-ortho nitro benzene ring substituents is 1. The van der Waals surface area contributed by atoms with E-state index in [1.165, 1.54) is 43.9 Å². The van der Waals surface area contributed by atoms with Crippen LogP contribution >= 0.6 is 0 Å². The fourth-order valence-electron chi connectivity index (χ4n) is 1.50. The Hall–Kier alpha value is -2.83. The Morgan fingerprint density at radius 2 is 2.21 bits per heavy atom. The van der Waals surface area contributed by atoms with Gasteiger partial charge < -0.3 is 14.5 Å². The molecule has 2 aromatic rings. The number of rotatable bonds is 4. The van der Waals surface area contributed by atoms with Gasteiger partial charge >= 0.3 is 0 Å². The highest BCUT2D eigenvalue weighted by Crippen LogP contribution is 2.29. The Morgan fingerprint density at radius 1 is 1.42 bits per heavy atom. The highest BCUT2D eigenvalue weighted by atomic mass is 16.6. The number of hydrogen-bond donors (Lipinski definition) is 1. The van der Waals surface area contributed by atoms with E-state index in [0.29, 0.717) is 11.3 Å². The summed E-state index contributed by atoms with van der Waals surface area (Å²) in [4.78, 5) is 22.0. The van der Waals surface area contributed by atoms with Gasteiger partial charge in [0.15, 0.2) is 0 Å². The summed E-state index contributed by atoms with van der Waals surface area (Å²) in [5.41, 5.74) is 0.403. The first-order valence-corrected chi connectivity index (χ1v) is 5.28. The van der Waals surface area contributed by atoms with Crippen molar-refractivity contribution in [2.45, 2.75) is 0 Å². The van der Waals surface area contributed by atoms with Crippen LogP contribution in [-0.4, -0.2) is 17.9 Å². The number of hydrogen-bond acceptors (Lipinski definition) is 5. The lowest BCUT2D eigenvalue weighted by molar-refractivity contribution is -0.384. The maximum atomic E-state index is 11.8. The van der Waals surface area contributed by atoms with Crippen LogP contribution in [0.3, 0.4) is 0 Å². The van der Waals surface area contributed by atoms with Crippen molar-refractivity contribution in [3.63, 3.8) is 0 Å². The summed E-state index contributed by atoms with van der Waals surface area (Å²) in [5.74, 6) is -0.102.